The van der Waals surface area contributed by atoms with Crippen LogP contribution in [-0.2, 0) is 19.0 Å². The van der Waals surface area contributed by atoms with Crippen molar-refractivity contribution in [1.29, 1.82) is 0 Å². The van der Waals surface area contributed by atoms with E-state index >= 15 is 0 Å². The Kier molecular flexibility index (Phi) is 9.53. The Morgan fingerprint density at radius 3 is 2.21 bits per heavy atom. The standard InChI is InChI=1S/C15H24O4/c1-6-17-7-8-18-9-10-19-15(16)14(13(4)5)11-12(2)3/h6,11H,1,7-10H2,2-5H3. The lowest BCUT2D eigenvalue weighted by Crippen LogP contribution is -2.14. The minimum Gasteiger partial charge on any atom is -0.499 e. The van der Waals surface area contributed by atoms with Gasteiger partial charge in [0.15, 0.2) is 0 Å². The first kappa shape index (κ1) is 17.4. The third-order valence-corrected chi connectivity index (χ3v) is 2.12. The molecule has 4 nitrogen and oxygen atoms in total. The fraction of sp³-hybridized carbons (Fsp3) is 0.533. The maximum Gasteiger partial charge on any atom is 0.338 e. The summed E-state index contributed by atoms with van der Waals surface area (Å²) < 4.78 is 15.3. The van der Waals surface area contributed by atoms with E-state index in [4.69, 9.17) is 14.2 Å². The first-order valence-electron chi connectivity index (χ1n) is 6.28. The molecule has 0 aromatic rings. The molecule has 0 saturated heterocycles. The van der Waals surface area contributed by atoms with E-state index in [9.17, 15) is 4.79 Å². The van der Waals surface area contributed by atoms with Crippen molar-refractivity contribution in [2.24, 2.45) is 0 Å². The van der Waals surface area contributed by atoms with Gasteiger partial charge >= 0.3 is 5.97 Å². The van der Waals surface area contributed by atoms with Crippen molar-refractivity contribution in [3.05, 3.63) is 35.6 Å². The molecule has 0 aliphatic heterocycles. The number of rotatable bonds is 9. The van der Waals surface area contributed by atoms with Crippen LogP contribution in [0, 0.1) is 0 Å². The zero-order valence-electron chi connectivity index (χ0n) is 12.3. The van der Waals surface area contributed by atoms with Crippen molar-refractivity contribution in [3.8, 4) is 0 Å². The monoisotopic (exact) mass is 268 g/mol. The highest BCUT2D eigenvalue weighted by Gasteiger charge is 2.09. The zero-order valence-corrected chi connectivity index (χ0v) is 12.3. The molecule has 0 fully saturated rings. The molecule has 0 unspecified atom stereocenters. The van der Waals surface area contributed by atoms with Crippen molar-refractivity contribution >= 4 is 5.97 Å². The fourth-order valence-corrected chi connectivity index (χ4v) is 1.26. The van der Waals surface area contributed by atoms with Crippen LogP contribution in [0.2, 0.25) is 0 Å². The molecular weight excluding hydrogens is 244 g/mol. The molecule has 0 rings (SSSR count). The first-order valence-corrected chi connectivity index (χ1v) is 6.28. The van der Waals surface area contributed by atoms with Gasteiger partial charge in [-0.15, -0.1) is 0 Å². The predicted octanol–water partition coefficient (Wildman–Crippen LogP) is 3.01. The Morgan fingerprint density at radius 2 is 1.68 bits per heavy atom. The molecular formula is C15H24O4. The van der Waals surface area contributed by atoms with Crippen molar-refractivity contribution < 1.29 is 19.0 Å². The fourth-order valence-electron chi connectivity index (χ4n) is 1.26. The number of ether oxygens (including phenoxy) is 3. The maximum atomic E-state index is 11.8. The van der Waals surface area contributed by atoms with Gasteiger partial charge in [0.2, 0.25) is 0 Å². The second-order valence-electron chi connectivity index (χ2n) is 4.42. The maximum absolute atomic E-state index is 11.8. The average molecular weight is 268 g/mol. The Balaban J connectivity index is 4.00. The van der Waals surface area contributed by atoms with Gasteiger partial charge in [-0.1, -0.05) is 17.7 Å². The number of allylic oxidation sites excluding steroid dienone is 2. The van der Waals surface area contributed by atoms with Crippen molar-refractivity contribution in [2.45, 2.75) is 27.7 Å². The van der Waals surface area contributed by atoms with E-state index in [1.807, 2.05) is 33.8 Å². The molecule has 0 aromatic heterocycles. The van der Waals surface area contributed by atoms with Crippen LogP contribution in [0.3, 0.4) is 0 Å². The van der Waals surface area contributed by atoms with E-state index in [-0.39, 0.29) is 12.6 Å². The molecule has 19 heavy (non-hydrogen) atoms. The number of esters is 1. The number of hydrogen-bond acceptors (Lipinski definition) is 4. The van der Waals surface area contributed by atoms with Gasteiger partial charge in [0.05, 0.1) is 25.0 Å². The van der Waals surface area contributed by atoms with Crippen LogP contribution in [-0.4, -0.2) is 32.4 Å². The van der Waals surface area contributed by atoms with Crippen LogP contribution in [0.4, 0.5) is 0 Å². The number of carbonyl (C=O) groups is 1. The highest BCUT2D eigenvalue weighted by molar-refractivity contribution is 5.92. The van der Waals surface area contributed by atoms with E-state index < -0.39 is 0 Å². The SMILES string of the molecule is C=COCCOCCOC(=O)C(C=C(C)C)=C(C)C. The lowest BCUT2D eigenvalue weighted by atomic mass is 10.1. The van der Waals surface area contributed by atoms with Crippen molar-refractivity contribution in [2.75, 3.05) is 26.4 Å². The summed E-state index contributed by atoms with van der Waals surface area (Å²) in [4.78, 5) is 11.8. The largest absolute Gasteiger partial charge is 0.499 e. The second-order valence-corrected chi connectivity index (χ2v) is 4.42. The third-order valence-electron chi connectivity index (χ3n) is 2.12. The summed E-state index contributed by atoms with van der Waals surface area (Å²) in [7, 11) is 0. The first-order chi connectivity index (χ1) is 8.99. The molecule has 0 radical (unpaired) electrons. The second kappa shape index (κ2) is 10.4. The molecule has 0 spiro atoms. The normalized spacial score (nSPS) is 9.47. The lowest BCUT2D eigenvalue weighted by molar-refractivity contribution is -0.140. The van der Waals surface area contributed by atoms with E-state index in [0.29, 0.717) is 25.4 Å². The van der Waals surface area contributed by atoms with Crippen LogP contribution in [0.15, 0.2) is 35.6 Å². The van der Waals surface area contributed by atoms with Crippen molar-refractivity contribution in [1.82, 2.24) is 0 Å². The number of hydrogen-bond donors (Lipinski definition) is 0. The summed E-state index contributed by atoms with van der Waals surface area (Å²) in [6.45, 7) is 12.6. The Labute approximate surface area is 115 Å². The Bertz CT molecular complexity index is 345. The van der Waals surface area contributed by atoms with Gasteiger partial charge in [0, 0.05) is 0 Å². The van der Waals surface area contributed by atoms with Crippen molar-refractivity contribution in [3.63, 3.8) is 0 Å². The van der Waals surface area contributed by atoms with E-state index in [1.54, 1.807) is 0 Å². The highest BCUT2D eigenvalue weighted by atomic mass is 16.6. The molecule has 0 aliphatic carbocycles. The van der Waals surface area contributed by atoms with Crippen LogP contribution < -0.4 is 0 Å². The van der Waals surface area contributed by atoms with Crippen LogP contribution in [0.25, 0.3) is 0 Å². The summed E-state index contributed by atoms with van der Waals surface area (Å²) in [5.41, 5.74) is 2.60. The minimum atomic E-state index is -0.313. The van der Waals surface area contributed by atoms with Gasteiger partial charge in [-0.2, -0.15) is 0 Å². The minimum absolute atomic E-state index is 0.236. The third kappa shape index (κ3) is 9.08. The van der Waals surface area contributed by atoms with Gasteiger partial charge in [0.1, 0.15) is 13.2 Å². The van der Waals surface area contributed by atoms with Gasteiger partial charge in [-0.05, 0) is 33.8 Å². The smallest absolute Gasteiger partial charge is 0.338 e. The summed E-state index contributed by atoms with van der Waals surface area (Å²) in [5, 5.41) is 0. The Hall–Kier alpha value is -1.55. The van der Waals surface area contributed by atoms with E-state index in [0.717, 1.165) is 11.1 Å². The summed E-state index contributed by atoms with van der Waals surface area (Å²) in [6, 6.07) is 0. The topological polar surface area (TPSA) is 44.8 Å². The molecule has 0 saturated carbocycles. The van der Waals surface area contributed by atoms with Gasteiger partial charge in [-0.25, -0.2) is 4.79 Å². The predicted molar refractivity (Wildman–Crippen MR) is 75.7 cm³/mol. The van der Waals surface area contributed by atoms with Gasteiger partial charge < -0.3 is 14.2 Å². The van der Waals surface area contributed by atoms with E-state index in [2.05, 4.69) is 6.58 Å². The molecule has 4 heteroatoms. The summed E-state index contributed by atoms with van der Waals surface area (Å²) >= 11 is 0. The molecule has 0 atom stereocenters. The van der Waals surface area contributed by atoms with Crippen LogP contribution in [0.5, 0.6) is 0 Å². The average Bonchev–Trinajstić information content (AvgIpc) is 2.34. The van der Waals surface area contributed by atoms with Gasteiger partial charge in [-0.3, -0.25) is 0 Å². The molecule has 108 valence electrons. The molecule has 0 aromatic carbocycles. The molecule has 0 amide bonds. The zero-order chi connectivity index (χ0) is 14.7. The quantitative estimate of drug-likeness (QED) is 0.212. The lowest BCUT2D eigenvalue weighted by Gasteiger charge is -2.08. The molecule has 0 aliphatic rings. The Morgan fingerprint density at radius 1 is 1.05 bits per heavy atom. The molecule has 0 bridgehead atoms. The van der Waals surface area contributed by atoms with Crippen LogP contribution in [0.1, 0.15) is 27.7 Å². The van der Waals surface area contributed by atoms with Gasteiger partial charge in [0.25, 0.3) is 0 Å². The summed E-state index contributed by atoms with van der Waals surface area (Å²) in [6.07, 6.45) is 3.19. The highest BCUT2D eigenvalue weighted by Crippen LogP contribution is 2.10. The molecule has 0 N–H and O–H groups in total. The van der Waals surface area contributed by atoms with E-state index in [1.165, 1.54) is 6.26 Å². The summed E-state index contributed by atoms with van der Waals surface area (Å²) in [5.74, 6) is -0.313. The van der Waals surface area contributed by atoms with Crippen LogP contribution >= 0.6 is 0 Å². The number of carbonyl (C=O) groups excluding carboxylic acids is 1. The molecule has 0 heterocycles.